The van der Waals surface area contributed by atoms with Crippen molar-refractivity contribution < 1.29 is 14.3 Å². The van der Waals surface area contributed by atoms with Gasteiger partial charge >= 0.3 is 0 Å². The third-order valence-electron chi connectivity index (χ3n) is 4.46. The highest BCUT2D eigenvalue weighted by molar-refractivity contribution is 6.03. The van der Waals surface area contributed by atoms with E-state index in [0.717, 1.165) is 22.4 Å². The van der Waals surface area contributed by atoms with Crippen LogP contribution in [0.2, 0.25) is 0 Å². The van der Waals surface area contributed by atoms with Crippen molar-refractivity contribution in [2.24, 2.45) is 0 Å². The Bertz CT molecular complexity index is 1030. The average Bonchev–Trinajstić information content (AvgIpc) is 2.70. The molecule has 0 aliphatic rings. The first-order valence-corrected chi connectivity index (χ1v) is 9.12. The van der Waals surface area contributed by atoms with Gasteiger partial charge in [0.2, 0.25) is 5.95 Å². The van der Waals surface area contributed by atoms with Gasteiger partial charge in [-0.2, -0.15) is 0 Å². The summed E-state index contributed by atoms with van der Waals surface area (Å²) in [5.41, 5.74) is 4.84. The smallest absolute Gasteiger partial charge is 0.274 e. The minimum Gasteiger partial charge on any atom is -0.497 e. The number of carbonyl (C=O) groups excluding carboxylic acids is 1. The summed E-state index contributed by atoms with van der Waals surface area (Å²) in [5.74, 6) is 1.24. The van der Waals surface area contributed by atoms with Gasteiger partial charge in [0.15, 0.2) is 0 Å². The number of carbonyl (C=O) groups is 1. The highest BCUT2D eigenvalue weighted by atomic mass is 16.5. The lowest BCUT2D eigenvalue weighted by Gasteiger charge is -2.14. The molecule has 1 amide bonds. The summed E-state index contributed by atoms with van der Waals surface area (Å²) in [5, 5.41) is 6.03. The molecular formula is C22H24N4O3. The van der Waals surface area contributed by atoms with Crippen molar-refractivity contribution in [3.05, 3.63) is 65.0 Å². The fourth-order valence-corrected chi connectivity index (χ4v) is 3.13. The number of aryl methyl sites for hydroxylation is 3. The Kier molecular flexibility index (Phi) is 5.97. The van der Waals surface area contributed by atoms with Crippen molar-refractivity contribution in [1.82, 2.24) is 9.97 Å². The van der Waals surface area contributed by atoms with E-state index in [4.69, 9.17) is 9.47 Å². The van der Waals surface area contributed by atoms with Gasteiger partial charge in [-0.15, -0.1) is 0 Å². The minimum absolute atomic E-state index is 0.253. The van der Waals surface area contributed by atoms with E-state index in [1.165, 1.54) is 6.20 Å². The zero-order valence-corrected chi connectivity index (χ0v) is 17.2. The molecule has 29 heavy (non-hydrogen) atoms. The first-order valence-electron chi connectivity index (χ1n) is 9.12. The summed E-state index contributed by atoms with van der Waals surface area (Å²) in [7, 11) is 3.16. The summed E-state index contributed by atoms with van der Waals surface area (Å²) < 4.78 is 10.6. The second-order valence-electron chi connectivity index (χ2n) is 6.68. The molecule has 0 saturated carbocycles. The number of methoxy groups -OCH3 is 2. The quantitative estimate of drug-likeness (QED) is 0.646. The van der Waals surface area contributed by atoms with Crippen LogP contribution in [-0.2, 0) is 0 Å². The van der Waals surface area contributed by atoms with Crippen LogP contribution in [0.4, 0.5) is 17.3 Å². The Morgan fingerprint density at radius 2 is 1.69 bits per heavy atom. The topological polar surface area (TPSA) is 85.4 Å². The van der Waals surface area contributed by atoms with Crippen LogP contribution in [0.1, 0.15) is 27.2 Å². The fourth-order valence-electron chi connectivity index (χ4n) is 3.13. The van der Waals surface area contributed by atoms with Gasteiger partial charge in [0.05, 0.1) is 19.9 Å². The molecule has 3 rings (SSSR count). The van der Waals surface area contributed by atoms with Crippen LogP contribution in [-0.4, -0.2) is 30.1 Å². The van der Waals surface area contributed by atoms with Crippen molar-refractivity contribution in [3.63, 3.8) is 0 Å². The second kappa shape index (κ2) is 8.60. The second-order valence-corrected chi connectivity index (χ2v) is 6.68. The number of amides is 1. The lowest BCUT2D eigenvalue weighted by atomic mass is 10.1. The maximum Gasteiger partial charge on any atom is 0.274 e. The van der Waals surface area contributed by atoms with Gasteiger partial charge in [0, 0.05) is 18.0 Å². The molecule has 3 aromatic rings. The van der Waals surface area contributed by atoms with Gasteiger partial charge < -0.3 is 20.1 Å². The van der Waals surface area contributed by atoms with Crippen LogP contribution in [0.15, 0.2) is 42.6 Å². The van der Waals surface area contributed by atoms with E-state index < -0.39 is 0 Å². The summed E-state index contributed by atoms with van der Waals surface area (Å²) in [4.78, 5) is 21.3. The van der Waals surface area contributed by atoms with E-state index >= 15 is 0 Å². The zero-order valence-electron chi connectivity index (χ0n) is 17.2. The zero-order chi connectivity index (χ0) is 21.0. The van der Waals surface area contributed by atoms with E-state index in [-0.39, 0.29) is 17.5 Å². The first-order chi connectivity index (χ1) is 13.9. The molecule has 7 nitrogen and oxygen atoms in total. The van der Waals surface area contributed by atoms with Crippen molar-refractivity contribution in [2.75, 3.05) is 24.9 Å². The fraction of sp³-hybridized carbons (Fsp3) is 0.227. The van der Waals surface area contributed by atoms with Gasteiger partial charge in [-0.1, -0.05) is 17.7 Å². The number of nitrogens with one attached hydrogen (secondary N) is 2. The lowest BCUT2D eigenvalue weighted by molar-refractivity contribution is 0.102. The molecule has 2 aromatic carbocycles. The normalized spacial score (nSPS) is 10.4. The Morgan fingerprint density at radius 1 is 0.966 bits per heavy atom. The predicted molar refractivity (Wildman–Crippen MR) is 113 cm³/mol. The lowest BCUT2D eigenvalue weighted by Crippen LogP contribution is -2.16. The van der Waals surface area contributed by atoms with Gasteiger partial charge in [-0.05, 0) is 50.1 Å². The van der Waals surface area contributed by atoms with E-state index in [2.05, 4.69) is 20.6 Å². The van der Waals surface area contributed by atoms with Gasteiger partial charge in [0.25, 0.3) is 5.91 Å². The number of anilines is 3. The average molecular weight is 392 g/mol. The number of hydrogen-bond acceptors (Lipinski definition) is 6. The Labute approximate surface area is 170 Å². The van der Waals surface area contributed by atoms with Crippen molar-refractivity contribution in [3.8, 4) is 11.5 Å². The van der Waals surface area contributed by atoms with Gasteiger partial charge in [0.1, 0.15) is 17.2 Å². The van der Waals surface area contributed by atoms with Crippen LogP contribution in [0, 0.1) is 20.8 Å². The highest BCUT2D eigenvalue weighted by Crippen LogP contribution is 2.30. The number of nitrogens with zero attached hydrogens (tertiary/aromatic N) is 2. The van der Waals surface area contributed by atoms with Crippen molar-refractivity contribution in [1.29, 1.82) is 0 Å². The predicted octanol–water partition coefficient (Wildman–Crippen LogP) is 4.41. The van der Waals surface area contributed by atoms with Crippen molar-refractivity contribution >= 4 is 23.2 Å². The molecule has 1 heterocycles. The largest absolute Gasteiger partial charge is 0.497 e. The molecule has 1 aromatic heterocycles. The summed E-state index contributed by atoms with van der Waals surface area (Å²) in [6.45, 7) is 5.97. The van der Waals surface area contributed by atoms with E-state index in [9.17, 15) is 4.79 Å². The van der Waals surface area contributed by atoms with Gasteiger partial charge in [-0.3, -0.25) is 4.79 Å². The Balaban J connectivity index is 1.84. The molecule has 0 fully saturated rings. The minimum atomic E-state index is -0.303. The van der Waals surface area contributed by atoms with Crippen LogP contribution in [0.5, 0.6) is 11.5 Å². The number of aromatic nitrogens is 2. The Morgan fingerprint density at radius 3 is 2.34 bits per heavy atom. The van der Waals surface area contributed by atoms with Crippen molar-refractivity contribution in [2.45, 2.75) is 20.8 Å². The van der Waals surface area contributed by atoms with Crippen LogP contribution in [0.25, 0.3) is 0 Å². The standard InChI is InChI=1S/C22H24N4O3/c1-13-10-14(2)20(15(3)11-13)26-21(27)17-8-9-23-22(24-17)25-18-12-16(28-4)6-7-19(18)29-5/h6-12H,1-5H3,(H,26,27)(H,23,24,25). The van der Waals surface area contributed by atoms with E-state index in [1.807, 2.05) is 32.9 Å². The monoisotopic (exact) mass is 392 g/mol. The molecule has 0 aliphatic heterocycles. The van der Waals surface area contributed by atoms with E-state index in [0.29, 0.717) is 17.2 Å². The third kappa shape index (κ3) is 4.63. The number of hydrogen-bond donors (Lipinski definition) is 2. The molecule has 2 N–H and O–H groups in total. The molecule has 0 unspecified atom stereocenters. The third-order valence-corrected chi connectivity index (χ3v) is 4.46. The van der Waals surface area contributed by atoms with Gasteiger partial charge in [-0.25, -0.2) is 9.97 Å². The number of benzene rings is 2. The maximum absolute atomic E-state index is 12.8. The SMILES string of the molecule is COc1ccc(OC)c(Nc2nccc(C(=O)Nc3c(C)cc(C)cc3C)n2)c1. The maximum atomic E-state index is 12.8. The number of ether oxygens (including phenoxy) is 2. The highest BCUT2D eigenvalue weighted by Gasteiger charge is 2.14. The van der Waals surface area contributed by atoms with Crippen LogP contribution in [0.3, 0.4) is 0 Å². The molecule has 0 atom stereocenters. The molecule has 7 heteroatoms. The first kappa shape index (κ1) is 20.1. The number of rotatable bonds is 6. The molecule has 150 valence electrons. The summed E-state index contributed by atoms with van der Waals surface area (Å²) in [6.07, 6.45) is 1.53. The molecule has 0 radical (unpaired) electrons. The molecule has 0 bridgehead atoms. The molecule has 0 spiro atoms. The van der Waals surface area contributed by atoms with Crippen LogP contribution < -0.4 is 20.1 Å². The molecular weight excluding hydrogens is 368 g/mol. The summed E-state index contributed by atoms with van der Waals surface area (Å²) in [6, 6.07) is 11.0. The van der Waals surface area contributed by atoms with Crippen LogP contribution >= 0.6 is 0 Å². The van der Waals surface area contributed by atoms with E-state index in [1.54, 1.807) is 38.5 Å². The molecule has 0 saturated heterocycles. The molecule has 0 aliphatic carbocycles. The Hall–Kier alpha value is -3.61. The summed E-state index contributed by atoms with van der Waals surface area (Å²) >= 11 is 0.